The summed E-state index contributed by atoms with van der Waals surface area (Å²) in [4.78, 5) is 24.9. The largest absolute Gasteiger partial charge is 0.447 e. The van der Waals surface area contributed by atoms with Crippen LogP contribution in [0.5, 0.6) is 0 Å². The minimum atomic E-state index is -0.339. The van der Waals surface area contributed by atoms with Crippen LogP contribution < -0.4 is 15.5 Å². The SMILES string of the molecule is O=C(CC1CNC1)Nc1cccc(N2CCOC2=O)c1. The maximum Gasteiger partial charge on any atom is 0.414 e. The van der Waals surface area contributed by atoms with E-state index in [1.54, 1.807) is 11.0 Å². The summed E-state index contributed by atoms with van der Waals surface area (Å²) in [6, 6.07) is 7.27. The Kier molecular flexibility index (Phi) is 3.56. The van der Waals surface area contributed by atoms with E-state index in [0.717, 1.165) is 18.8 Å². The maximum absolute atomic E-state index is 11.9. The van der Waals surface area contributed by atoms with Crippen molar-refractivity contribution in [1.82, 2.24) is 5.32 Å². The predicted octanol–water partition coefficient (Wildman–Crippen LogP) is 1.19. The molecule has 0 spiro atoms. The summed E-state index contributed by atoms with van der Waals surface area (Å²) in [5, 5.41) is 6.02. The van der Waals surface area contributed by atoms with Crippen molar-refractivity contribution in [3.8, 4) is 0 Å². The van der Waals surface area contributed by atoms with Gasteiger partial charge in [0.2, 0.25) is 5.91 Å². The molecule has 1 aromatic carbocycles. The third kappa shape index (κ3) is 2.75. The molecule has 0 unspecified atom stereocenters. The second-order valence-electron chi connectivity index (χ2n) is 5.09. The Morgan fingerprint density at radius 3 is 2.95 bits per heavy atom. The topological polar surface area (TPSA) is 70.7 Å². The highest BCUT2D eigenvalue weighted by Crippen LogP contribution is 2.22. The first-order chi connectivity index (χ1) is 9.72. The van der Waals surface area contributed by atoms with E-state index in [1.807, 2.05) is 18.2 Å². The number of cyclic esters (lactones) is 1. The van der Waals surface area contributed by atoms with Gasteiger partial charge < -0.3 is 15.4 Å². The van der Waals surface area contributed by atoms with Crippen molar-refractivity contribution >= 4 is 23.4 Å². The van der Waals surface area contributed by atoms with Crippen molar-refractivity contribution in [1.29, 1.82) is 0 Å². The summed E-state index contributed by atoms with van der Waals surface area (Å²) in [5.41, 5.74) is 1.45. The number of rotatable bonds is 4. The van der Waals surface area contributed by atoms with Gasteiger partial charge in [-0.1, -0.05) is 6.07 Å². The van der Waals surface area contributed by atoms with Crippen LogP contribution in [-0.2, 0) is 9.53 Å². The van der Waals surface area contributed by atoms with E-state index >= 15 is 0 Å². The van der Waals surface area contributed by atoms with Crippen LogP contribution in [0.1, 0.15) is 6.42 Å². The Hall–Kier alpha value is -2.08. The third-order valence-electron chi connectivity index (χ3n) is 3.54. The fourth-order valence-corrected chi connectivity index (χ4v) is 2.35. The molecule has 0 atom stereocenters. The van der Waals surface area contributed by atoms with Gasteiger partial charge in [0.1, 0.15) is 6.61 Å². The normalized spacial score (nSPS) is 18.6. The van der Waals surface area contributed by atoms with Gasteiger partial charge in [-0.25, -0.2) is 4.79 Å². The highest BCUT2D eigenvalue weighted by atomic mass is 16.6. The van der Waals surface area contributed by atoms with Crippen LogP contribution in [0.2, 0.25) is 0 Å². The van der Waals surface area contributed by atoms with Gasteiger partial charge in [-0.05, 0) is 37.2 Å². The number of carbonyl (C=O) groups is 2. The van der Waals surface area contributed by atoms with E-state index in [0.29, 0.717) is 31.2 Å². The molecule has 2 amide bonds. The van der Waals surface area contributed by atoms with Crippen LogP contribution in [0.4, 0.5) is 16.2 Å². The quantitative estimate of drug-likeness (QED) is 0.866. The number of benzene rings is 1. The van der Waals surface area contributed by atoms with E-state index < -0.39 is 0 Å². The maximum atomic E-state index is 11.9. The fraction of sp³-hybridized carbons (Fsp3) is 0.429. The van der Waals surface area contributed by atoms with Crippen molar-refractivity contribution in [2.45, 2.75) is 6.42 Å². The lowest BCUT2D eigenvalue weighted by Crippen LogP contribution is -2.43. The molecule has 0 saturated carbocycles. The molecule has 2 heterocycles. The second kappa shape index (κ2) is 5.50. The first-order valence-corrected chi connectivity index (χ1v) is 6.77. The van der Waals surface area contributed by atoms with Crippen LogP contribution in [0.25, 0.3) is 0 Å². The molecule has 3 rings (SSSR count). The molecule has 106 valence electrons. The summed E-state index contributed by atoms with van der Waals surface area (Å²) in [6.45, 7) is 2.77. The van der Waals surface area contributed by atoms with Gasteiger partial charge in [-0.3, -0.25) is 9.69 Å². The van der Waals surface area contributed by atoms with Crippen molar-refractivity contribution in [2.24, 2.45) is 5.92 Å². The number of carbonyl (C=O) groups excluding carboxylic acids is 2. The molecule has 0 aliphatic carbocycles. The van der Waals surface area contributed by atoms with Crippen molar-refractivity contribution in [3.63, 3.8) is 0 Å². The zero-order chi connectivity index (χ0) is 13.9. The van der Waals surface area contributed by atoms with Crippen molar-refractivity contribution in [3.05, 3.63) is 24.3 Å². The van der Waals surface area contributed by atoms with Gasteiger partial charge in [-0.15, -0.1) is 0 Å². The zero-order valence-corrected chi connectivity index (χ0v) is 11.1. The van der Waals surface area contributed by atoms with E-state index in [4.69, 9.17) is 4.74 Å². The molecular formula is C14H17N3O3. The molecular weight excluding hydrogens is 258 g/mol. The molecule has 0 radical (unpaired) electrons. The second-order valence-corrected chi connectivity index (χ2v) is 5.09. The lowest BCUT2D eigenvalue weighted by atomic mass is 9.99. The van der Waals surface area contributed by atoms with Gasteiger partial charge in [0.25, 0.3) is 0 Å². The number of hydrogen-bond donors (Lipinski definition) is 2. The average Bonchev–Trinajstić information content (AvgIpc) is 2.81. The standard InChI is InChI=1S/C14H17N3O3/c18-13(6-10-8-15-9-10)16-11-2-1-3-12(7-11)17-4-5-20-14(17)19/h1-3,7,10,15H,4-6,8-9H2,(H,16,18). The molecule has 2 aliphatic heterocycles. The van der Waals surface area contributed by atoms with Gasteiger partial charge in [-0.2, -0.15) is 0 Å². The lowest BCUT2D eigenvalue weighted by Gasteiger charge is -2.26. The molecule has 2 N–H and O–H groups in total. The van der Waals surface area contributed by atoms with E-state index in [9.17, 15) is 9.59 Å². The van der Waals surface area contributed by atoms with Crippen LogP contribution in [0.15, 0.2) is 24.3 Å². The number of anilines is 2. The lowest BCUT2D eigenvalue weighted by molar-refractivity contribution is -0.117. The smallest absolute Gasteiger partial charge is 0.414 e. The number of nitrogens with one attached hydrogen (secondary N) is 2. The Morgan fingerprint density at radius 2 is 2.30 bits per heavy atom. The molecule has 2 aliphatic rings. The van der Waals surface area contributed by atoms with Crippen molar-refractivity contribution in [2.75, 3.05) is 36.5 Å². The molecule has 6 nitrogen and oxygen atoms in total. The summed E-state index contributed by atoms with van der Waals surface area (Å²) in [6.07, 6.45) is 0.192. The average molecular weight is 275 g/mol. The van der Waals surface area contributed by atoms with E-state index in [-0.39, 0.29) is 12.0 Å². The van der Waals surface area contributed by atoms with Crippen molar-refractivity contribution < 1.29 is 14.3 Å². The minimum absolute atomic E-state index is 0.0117. The van der Waals surface area contributed by atoms with Gasteiger partial charge >= 0.3 is 6.09 Å². The summed E-state index contributed by atoms with van der Waals surface area (Å²) in [5.74, 6) is 0.449. The predicted molar refractivity (Wildman–Crippen MR) is 74.7 cm³/mol. The minimum Gasteiger partial charge on any atom is -0.447 e. The zero-order valence-electron chi connectivity index (χ0n) is 11.1. The van der Waals surface area contributed by atoms with Crippen LogP contribution in [-0.4, -0.2) is 38.2 Å². The third-order valence-corrected chi connectivity index (χ3v) is 3.54. The number of hydrogen-bond acceptors (Lipinski definition) is 4. The number of amides is 2. The summed E-state index contributed by atoms with van der Waals surface area (Å²) in [7, 11) is 0. The van der Waals surface area contributed by atoms with Crippen LogP contribution in [0.3, 0.4) is 0 Å². The Bertz CT molecular complexity index is 528. The highest BCUT2D eigenvalue weighted by molar-refractivity contribution is 5.93. The monoisotopic (exact) mass is 275 g/mol. The molecule has 0 bridgehead atoms. The molecule has 1 aromatic rings. The summed E-state index contributed by atoms with van der Waals surface area (Å²) >= 11 is 0. The number of nitrogens with zero attached hydrogens (tertiary/aromatic N) is 1. The Labute approximate surface area is 117 Å². The van der Waals surface area contributed by atoms with Crippen LogP contribution in [0, 0.1) is 5.92 Å². The molecule has 20 heavy (non-hydrogen) atoms. The first-order valence-electron chi connectivity index (χ1n) is 6.77. The fourth-order valence-electron chi connectivity index (χ4n) is 2.35. The molecule has 0 aromatic heterocycles. The summed E-state index contributed by atoms with van der Waals surface area (Å²) < 4.78 is 4.91. The number of ether oxygens (including phenoxy) is 1. The molecule has 2 saturated heterocycles. The van der Waals surface area contributed by atoms with Gasteiger partial charge in [0, 0.05) is 17.8 Å². The first kappa shape index (κ1) is 12.9. The Balaban J connectivity index is 1.64. The molecule has 6 heteroatoms. The van der Waals surface area contributed by atoms with Gasteiger partial charge in [0.05, 0.1) is 6.54 Å². The Morgan fingerprint density at radius 1 is 1.45 bits per heavy atom. The van der Waals surface area contributed by atoms with Gasteiger partial charge in [0.15, 0.2) is 0 Å². The highest BCUT2D eigenvalue weighted by Gasteiger charge is 2.24. The molecule has 2 fully saturated rings. The van der Waals surface area contributed by atoms with E-state index in [2.05, 4.69) is 10.6 Å². The van der Waals surface area contributed by atoms with E-state index in [1.165, 1.54) is 0 Å². The van der Waals surface area contributed by atoms with Crippen LogP contribution >= 0.6 is 0 Å².